The van der Waals surface area contributed by atoms with Crippen molar-refractivity contribution < 1.29 is 18.7 Å². The van der Waals surface area contributed by atoms with Crippen LogP contribution in [0, 0.1) is 0 Å². The van der Waals surface area contributed by atoms with Crippen LogP contribution < -0.4 is 0 Å². The van der Waals surface area contributed by atoms with Gasteiger partial charge in [0.2, 0.25) is 0 Å². The molecule has 1 fully saturated rings. The van der Waals surface area contributed by atoms with E-state index >= 15 is 0 Å². The van der Waals surface area contributed by atoms with E-state index < -0.39 is 6.04 Å². The molecule has 23 heavy (non-hydrogen) atoms. The summed E-state index contributed by atoms with van der Waals surface area (Å²) in [7, 11) is 0. The molecule has 3 rings (SSSR count). The molecule has 122 valence electrons. The first-order valence-corrected chi connectivity index (χ1v) is 8.60. The summed E-state index contributed by atoms with van der Waals surface area (Å²) in [5.74, 6) is -0.403. The maximum Gasteiger partial charge on any atom is 0.329 e. The smallest absolute Gasteiger partial charge is 0.329 e. The van der Waals surface area contributed by atoms with Gasteiger partial charge in [0, 0.05) is 11.4 Å². The lowest BCUT2D eigenvalue weighted by Gasteiger charge is -2.33. The number of rotatable bonds is 4. The molecule has 3 heterocycles. The molecular formula is C16H16ClNO4S. The van der Waals surface area contributed by atoms with Gasteiger partial charge in [0.25, 0.3) is 5.91 Å². The van der Waals surface area contributed by atoms with Gasteiger partial charge in [0.15, 0.2) is 5.76 Å². The van der Waals surface area contributed by atoms with Crippen molar-refractivity contribution in [1.29, 1.82) is 0 Å². The first-order valence-electron chi connectivity index (χ1n) is 7.40. The fourth-order valence-electron chi connectivity index (χ4n) is 2.63. The topological polar surface area (TPSA) is 59.8 Å². The van der Waals surface area contributed by atoms with Gasteiger partial charge in [-0.15, -0.1) is 11.3 Å². The summed E-state index contributed by atoms with van der Waals surface area (Å²) >= 11 is 7.24. The standard InChI is InChI=1S/C16H16ClNO4S/c17-14-7-6-11(23-14)10-22-16(20)12-4-1-2-8-18(12)15(19)13-5-3-9-21-13/h3,5-7,9,12H,1-2,4,8,10H2/t12-/m1/s1. The van der Waals surface area contributed by atoms with Gasteiger partial charge < -0.3 is 14.1 Å². The van der Waals surface area contributed by atoms with Crippen molar-refractivity contribution in [2.24, 2.45) is 0 Å². The van der Waals surface area contributed by atoms with E-state index in [2.05, 4.69) is 0 Å². The van der Waals surface area contributed by atoms with Gasteiger partial charge in [-0.3, -0.25) is 4.79 Å². The van der Waals surface area contributed by atoms with Crippen LogP contribution in [0.4, 0.5) is 0 Å². The van der Waals surface area contributed by atoms with E-state index in [-0.39, 0.29) is 24.2 Å². The molecule has 0 bridgehead atoms. The first kappa shape index (κ1) is 16.1. The fourth-order valence-corrected chi connectivity index (χ4v) is 3.63. The third-order valence-electron chi connectivity index (χ3n) is 3.75. The van der Waals surface area contributed by atoms with Crippen LogP contribution in [0.2, 0.25) is 4.34 Å². The number of halogens is 1. The Morgan fingerprint density at radius 1 is 1.35 bits per heavy atom. The molecule has 0 aromatic carbocycles. The Morgan fingerprint density at radius 3 is 2.91 bits per heavy atom. The van der Waals surface area contributed by atoms with Crippen LogP contribution in [-0.2, 0) is 16.1 Å². The highest BCUT2D eigenvalue weighted by Crippen LogP contribution is 2.24. The van der Waals surface area contributed by atoms with E-state index in [1.165, 1.54) is 17.6 Å². The zero-order chi connectivity index (χ0) is 16.2. The van der Waals surface area contributed by atoms with Crippen molar-refractivity contribution in [3.63, 3.8) is 0 Å². The summed E-state index contributed by atoms with van der Waals surface area (Å²) in [6.07, 6.45) is 3.82. The van der Waals surface area contributed by atoms with Crippen molar-refractivity contribution in [2.45, 2.75) is 31.9 Å². The highest BCUT2D eigenvalue weighted by molar-refractivity contribution is 7.16. The summed E-state index contributed by atoms with van der Waals surface area (Å²) in [5, 5.41) is 0. The maximum atomic E-state index is 12.5. The normalized spacial score (nSPS) is 18.0. The van der Waals surface area contributed by atoms with E-state index in [9.17, 15) is 9.59 Å². The lowest BCUT2D eigenvalue weighted by atomic mass is 10.0. The number of hydrogen-bond acceptors (Lipinski definition) is 5. The molecule has 0 unspecified atom stereocenters. The number of piperidine rings is 1. The minimum Gasteiger partial charge on any atom is -0.459 e. The predicted octanol–water partition coefficient (Wildman–Crippen LogP) is 3.73. The SMILES string of the molecule is O=C(OCc1ccc(Cl)s1)[C@H]1CCCCN1C(=O)c1ccco1. The third-order valence-corrected chi connectivity index (χ3v) is 4.96. The van der Waals surface area contributed by atoms with E-state index in [0.717, 1.165) is 17.7 Å². The van der Waals surface area contributed by atoms with E-state index in [1.54, 1.807) is 23.1 Å². The number of ether oxygens (including phenoxy) is 1. The van der Waals surface area contributed by atoms with Gasteiger partial charge >= 0.3 is 5.97 Å². The lowest BCUT2D eigenvalue weighted by molar-refractivity contribution is -0.151. The average Bonchev–Trinajstić information content (AvgIpc) is 3.23. The zero-order valence-electron chi connectivity index (χ0n) is 12.4. The van der Waals surface area contributed by atoms with Crippen molar-refractivity contribution in [2.75, 3.05) is 6.54 Å². The molecular weight excluding hydrogens is 338 g/mol. The number of hydrogen-bond donors (Lipinski definition) is 0. The number of esters is 1. The van der Waals surface area contributed by atoms with Crippen molar-refractivity contribution >= 4 is 34.8 Å². The quantitative estimate of drug-likeness (QED) is 0.786. The molecule has 0 N–H and O–H groups in total. The molecule has 1 atom stereocenters. The molecule has 0 saturated carbocycles. The number of thiophene rings is 1. The van der Waals surface area contributed by atoms with Gasteiger partial charge in [-0.2, -0.15) is 0 Å². The number of carbonyl (C=O) groups is 2. The summed E-state index contributed by atoms with van der Waals surface area (Å²) < 4.78 is 11.2. The van der Waals surface area contributed by atoms with Gasteiger partial charge in [0.1, 0.15) is 12.6 Å². The number of likely N-dealkylation sites (tertiary alicyclic amines) is 1. The lowest BCUT2D eigenvalue weighted by Crippen LogP contribution is -2.48. The minimum atomic E-state index is -0.559. The van der Waals surface area contributed by atoms with Crippen LogP contribution in [0.15, 0.2) is 34.9 Å². The molecule has 0 spiro atoms. The first-order chi connectivity index (χ1) is 11.1. The number of amides is 1. The Balaban J connectivity index is 1.65. The second-order valence-corrected chi connectivity index (χ2v) is 7.10. The Morgan fingerprint density at radius 2 is 2.22 bits per heavy atom. The number of nitrogens with zero attached hydrogens (tertiary/aromatic N) is 1. The van der Waals surface area contributed by atoms with Gasteiger partial charge in [-0.05, 0) is 43.5 Å². The van der Waals surface area contributed by atoms with Crippen LogP contribution in [0.5, 0.6) is 0 Å². The second kappa shape index (κ2) is 7.19. The molecule has 2 aromatic heterocycles. The second-order valence-electron chi connectivity index (χ2n) is 5.30. The van der Waals surface area contributed by atoms with Crippen LogP contribution in [0.3, 0.4) is 0 Å². The minimum absolute atomic E-state index is 0.176. The fraction of sp³-hybridized carbons (Fsp3) is 0.375. The summed E-state index contributed by atoms with van der Waals surface area (Å²) in [5.41, 5.74) is 0. The van der Waals surface area contributed by atoms with Crippen LogP contribution in [0.25, 0.3) is 0 Å². The molecule has 1 amide bonds. The summed E-state index contributed by atoms with van der Waals surface area (Å²) in [6.45, 7) is 0.708. The number of carbonyl (C=O) groups excluding carboxylic acids is 2. The van der Waals surface area contributed by atoms with E-state index in [4.69, 9.17) is 20.8 Å². The third kappa shape index (κ3) is 3.76. The molecule has 5 nitrogen and oxygen atoms in total. The van der Waals surface area contributed by atoms with Crippen LogP contribution in [0.1, 0.15) is 34.7 Å². The average molecular weight is 354 g/mol. The summed E-state index contributed by atoms with van der Waals surface area (Å²) in [6, 6.07) is 6.30. The molecule has 1 aliphatic heterocycles. The van der Waals surface area contributed by atoms with E-state index in [1.807, 2.05) is 6.07 Å². The van der Waals surface area contributed by atoms with Crippen molar-refractivity contribution in [3.8, 4) is 0 Å². The van der Waals surface area contributed by atoms with Crippen LogP contribution in [-0.4, -0.2) is 29.4 Å². The Labute approximate surface area is 142 Å². The highest BCUT2D eigenvalue weighted by Gasteiger charge is 2.34. The Bertz CT molecular complexity index is 682. The van der Waals surface area contributed by atoms with Gasteiger partial charge in [-0.25, -0.2) is 4.79 Å². The van der Waals surface area contributed by atoms with Gasteiger partial charge in [0.05, 0.1) is 10.6 Å². The highest BCUT2D eigenvalue weighted by atomic mass is 35.5. The largest absolute Gasteiger partial charge is 0.459 e. The van der Waals surface area contributed by atoms with Crippen molar-refractivity contribution in [1.82, 2.24) is 4.90 Å². The monoisotopic (exact) mass is 353 g/mol. The molecule has 2 aromatic rings. The molecule has 7 heteroatoms. The van der Waals surface area contributed by atoms with Crippen LogP contribution >= 0.6 is 22.9 Å². The Kier molecular flexibility index (Phi) is 5.03. The zero-order valence-corrected chi connectivity index (χ0v) is 13.9. The Hall–Kier alpha value is -1.79. The number of furan rings is 1. The summed E-state index contributed by atoms with van der Waals surface area (Å²) in [4.78, 5) is 27.3. The molecule has 1 aliphatic rings. The predicted molar refractivity (Wildman–Crippen MR) is 86.5 cm³/mol. The van der Waals surface area contributed by atoms with Gasteiger partial charge in [-0.1, -0.05) is 11.6 Å². The van der Waals surface area contributed by atoms with Crippen molar-refractivity contribution in [3.05, 3.63) is 45.5 Å². The molecule has 0 radical (unpaired) electrons. The van der Waals surface area contributed by atoms with E-state index in [0.29, 0.717) is 17.3 Å². The maximum absolute atomic E-state index is 12.5. The molecule has 1 saturated heterocycles. The molecule has 0 aliphatic carbocycles.